The van der Waals surface area contributed by atoms with E-state index in [-0.39, 0.29) is 11.5 Å². The molecule has 6 rings (SSSR count). The summed E-state index contributed by atoms with van der Waals surface area (Å²) in [5.74, 6) is 1.07. The Bertz CT molecular complexity index is 795. The molecular formula is C15H18F2N6O. The van der Waals surface area contributed by atoms with Crippen molar-refractivity contribution in [2.45, 2.75) is 50.6 Å². The lowest BCUT2D eigenvalue weighted by Crippen LogP contribution is -2.68. The maximum absolute atomic E-state index is 13.0. The third-order valence-electron chi connectivity index (χ3n) is 5.95. The zero-order valence-corrected chi connectivity index (χ0v) is 13.2. The molecule has 7 nitrogen and oxygen atoms in total. The van der Waals surface area contributed by atoms with Gasteiger partial charge in [0.15, 0.2) is 5.82 Å². The molecular weight excluding hydrogens is 318 g/mol. The summed E-state index contributed by atoms with van der Waals surface area (Å²) in [5.41, 5.74) is 5.69. The van der Waals surface area contributed by atoms with Gasteiger partial charge in [-0.1, -0.05) is 5.16 Å². The van der Waals surface area contributed by atoms with Gasteiger partial charge in [-0.15, -0.1) is 0 Å². The predicted octanol–water partition coefficient (Wildman–Crippen LogP) is 2.12. The van der Waals surface area contributed by atoms with Crippen LogP contribution >= 0.6 is 0 Å². The molecule has 9 heteroatoms. The van der Waals surface area contributed by atoms with Gasteiger partial charge >= 0.3 is 6.01 Å². The van der Waals surface area contributed by atoms with Crippen LogP contribution in [0.4, 0.5) is 20.6 Å². The third-order valence-corrected chi connectivity index (χ3v) is 5.95. The van der Waals surface area contributed by atoms with Crippen LogP contribution in [0.5, 0.6) is 0 Å². The van der Waals surface area contributed by atoms with Crippen LogP contribution in [-0.4, -0.2) is 32.9 Å². The van der Waals surface area contributed by atoms with E-state index in [0.29, 0.717) is 50.0 Å². The van der Waals surface area contributed by atoms with Crippen LogP contribution in [-0.2, 0) is 12.0 Å². The minimum Gasteiger partial charge on any atom is -0.382 e. The van der Waals surface area contributed by atoms with Crippen molar-refractivity contribution in [1.82, 2.24) is 19.9 Å². The quantitative estimate of drug-likeness (QED) is 0.924. The summed E-state index contributed by atoms with van der Waals surface area (Å²) >= 11 is 0. The van der Waals surface area contributed by atoms with Gasteiger partial charge in [0, 0.05) is 23.4 Å². The maximum atomic E-state index is 13.0. The van der Waals surface area contributed by atoms with Crippen molar-refractivity contribution in [3.8, 4) is 0 Å². The van der Waals surface area contributed by atoms with Gasteiger partial charge in [0.1, 0.15) is 5.82 Å². The lowest BCUT2D eigenvalue weighted by molar-refractivity contribution is -0.225. The van der Waals surface area contributed by atoms with Crippen molar-refractivity contribution in [2.75, 3.05) is 17.2 Å². The summed E-state index contributed by atoms with van der Waals surface area (Å²) in [6.45, 7) is 3.40. The van der Waals surface area contributed by atoms with E-state index in [1.165, 1.54) is 0 Å². The van der Waals surface area contributed by atoms with Crippen molar-refractivity contribution >= 4 is 11.8 Å². The highest BCUT2D eigenvalue weighted by Crippen LogP contribution is 2.75. The van der Waals surface area contributed by atoms with Crippen LogP contribution in [0.3, 0.4) is 0 Å². The number of alkyl halides is 2. The lowest BCUT2D eigenvalue weighted by Gasteiger charge is -2.68. The Morgan fingerprint density at radius 3 is 2.79 bits per heavy atom. The molecule has 3 saturated carbocycles. The number of rotatable bonds is 3. The number of nitrogen functional groups attached to an aromatic ring is 1. The first-order chi connectivity index (χ1) is 11.4. The largest absolute Gasteiger partial charge is 0.382 e. The van der Waals surface area contributed by atoms with Gasteiger partial charge in [-0.05, 0) is 26.2 Å². The Hall–Kier alpha value is -2.19. The number of fused-ring (bicyclic) bond motifs is 1. The average Bonchev–Trinajstić information content (AvgIpc) is 3.02. The fraction of sp³-hybridized carbons (Fsp3) is 0.667. The second kappa shape index (κ2) is 4.25. The third kappa shape index (κ3) is 1.62. The standard InChI is InChI=1S/C15H18F2N6O/c1-8-9-4-10(18)20-23(9)3-2-22(8)13-19-12(21-24-13)15-5-14(6-15,7-15)11(16)17/h4,8,11H,2-3,5-7H2,1H3,(H2,18,20). The highest BCUT2D eigenvalue weighted by molar-refractivity contribution is 5.40. The molecule has 128 valence electrons. The van der Waals surface area contributed by atoms with E-state index in [0.717, 1.165) is 5.69 Å². The molecule has 0 saturated heterocycles. The normalized spacial score (nSPS) is 34.0. The van der Waals surface area contributed by atoms with Gasteiger partial charge in [0.25, 0.3) is 0 Å². The molecule has 3 fully saturated rings. The second-order valence-corrected chi connectivity index (χ2v) is 7.46. The molecule has 0 radical (unpaired) electrons. The van der Waals surface area contributed by atoms with Crippen LogP contribution < -0.4 is 10.6 Å². The Morgan fingerprint density at radius 2 is 2.08 bits per heavy atom. The highest BCUT2D eigenvalue weighted by Gasteiger charge is 2.74. The van der Waals surface area contributed by atoms with E-state index < -0.39 is 11.8 Å². The van der Waals surface area contributed by atoms with E-state index in [9.17, 15) is 8.78 Å². The summed E-state index contributed by atoms with van der Waals surface area (Å²) in [5, 5.41) is 8.35. The summed E-state index contributed by atoms with van der Waals surface area (Å²) in [7, 11) is 0. The summed E-state index contributed by atoms with van der Waals surface area (Å²) in [4.78, 5) is 6.54. The van der Waals surface area contributed by atoms with Gasteiger partial charge in [-0.2, -0.15) is 10.1 Å². The minimum atomic E-state index is -2.25. The molecule has 3 aliphatic carbocycles. The average molecular weight is 336 g/mol. The minimum absolute atomic E-state index is 0.0114. The Labute approximate surface area is 136 Å². The maximum Gasteiger partial charge on any atom is 0.324 e. The molecule has 3 heterocycles. The van der Waals surface area contributed by atoms with Gasteiger partial charge in [-0.25, -0.2) is 8.78 Å². The van der Waals surface area contributed by atoms with Gasteiger partial charge in [0.05, 0.1) is 18.3 Å². The molecule has 0 aromatic carbocycles. The molecule has 0 spiro atoms. The molecule has 1 aliphatic heterocycles. The highest BCUT2D eigenvalue weighted by atomic mass is 19.3. The molecule has 2 N–H and O–H groups in total. The van der Waals surface area contributed by atoms with Gasteiger partial charge < -0.3 is 15.2 Å². The fourth-order valence-corrected chi connectivity index (χ4v) is 4.67. The first kappa shape index (κ1) is 14.2. The Kier molecular flexibility index (Phi) is 2.51. The number of hydrogen-bond donors (Lipinski definition) is 1. The van der Waals surface area contributed by atoms with Crippen molar-refractivity contribution < 1.29 is 13.3 Å². The molecule has 2 aromatic rings. The molecule has 2 aromatic heterocycles. The zero-order chi connectivity index (χ0) is 16.7. The number of aromatic nitrogens is 4. The molecule has 24 heavy (non-hydrogen) atoms. The van der Waals surface area contributed by atoms with Crippen LogP contribution in [0.15, 0.2) is 10.6 Å². The van der Waals surface area contributed by atoms with E-state index >= 15 is 0 Å². The first-order valence-corrected chi connectivity index (χ1v) is 8.15. The first-order valence-electron chi connectivity index (χ1n) is 8.15. The fourth-order valence-electron chi connectivity index (χ4n) is 4.67. The summed E-state index contributed by atoms with van der Waals surface area (Å²) in [6.07, 6.45) is -0.848. The Morgan fingerprint density at radius 1 is 1.33 bits per heavy atom. The van der Waals surface area contributed by atoms with E-state index in [2.05, 4.69) is 15.2 Å². The predicted molar refractivity (Wildman–Crippen MR) is 80.7 cm³/mol. The van der Waals surface area contributed by atoms with Crippen molar-refractivity contribution in [3.63, 3.8) is 0 Å². The smallest absolute Gasteiger partial charge is 0.324 e. The van der Waals surface area contributed by atoms with Crippen LogP contribution in [0.1, 0.15) is 43.7 Å². The summed E-state index contributed by atoms with van der Waals surface area (Å²) < 4.78 is 33.3. The van der Waals surface area contributed by atoms with Crippen molar-refractivity contribution in [2.24, 2.45) is 5.41 Å². The number of nitrogens with two attached hydrogens (primary N) is 1. The van der Waals surface area contributed by atoms with E-state index in [1.54, 1.807) is 0 Å². The number of halogens is 2. The lowest BCUT2D eigenvalue weighted by atomic mass is 9.35. The van der Waals surface area contributed by atoms with Crippen molar-refractivity contribution in [1.29, 1.82) is 0 Å². The topological polar surface area (TPSA) is 86.0 Å². The van der Waals surface area contributed by atoms with E-state index in [4.69, 9.17) is 10.3 Å². The monoisotopic (exact) mass is 336 g/mol. The van der Waals surface area contributed by atoms with Crippen molar-refractivity contribution in [3.05, 3.63) is 17.6 Å². The molecule has 2 bridgehead atoms. The Balaban J connectivity index is 1.38. The van der Waals surface area contributed by atoms with Gasteiger partial charge in [0.2, 0.25) is 6.43 Å². The zero-order valence-electron chi connectivity index (χ0n) is 13.2. The summed E-state index contributed by atoms with van der Waals surface area (Å²) in [6, 6.07) is 2.30. The second-order valence-electron chi connectivity index (χ2n) is 7.46. The SMILES string of the molecule is CC1c2cc(N)nn2CCN1c1nc(C23CC(C(F)F)(C2)C3)no1. The molecule has 1 unspecified atom stereocenters. The number of nitrogens with zero attached hydrogens (tertiary/aromatic N) is 5. The number of hydrogen-bond acceptors (Lipinski definition) is 6. The van der Waals surface area contributed by atoms with Crippen LogP contribution in [0.2, 0.25) is 0 Å². The molecule has 0 amide bonds. The molecule has 4 aliphatic rings. The van der Waals surface area contributed by atoms with E-state index in [1.807, 2.05) is 22.6 Å². The number of anilines is 2. The molecule has 1 atom stereocenters. The van der Waals surface area contributed by atoms with Crippen LogP contribution in [0.25, 0.3) is 0 Å². The van der Waals surface area contributed by atoms with Crippen LogP contribution in [0, 0.1) is 5.41 Å². The van der Waals surface area contributed by atoms with Gasteiger partial charge in [-0.3, -0.25) is 4.68 Å².